The second-order valence-corrected chi connectivity index (χ2v) is 8.11. The molecule has 0 spiro atoms. The summed E-state index contributed by atoms with van der Waals surface area (Å²) in [4.78, 5) is 13.5. The molecule has 24 heavy (non-hydrogen) atoms. The first-order valence-corrected chi connectivity index (χ1v) is 9.39. The van der Waals surface area contributed by atoms with Gasteiger partial charge >= 0.3 is 0 Å². The molecular weight excluding hydrogens is 318 g/mol. The summed E-state index contributed by atoms with van der Waals surface area (Å²) in [5.41, 5.74) is 2.86. The van der Waals surface area contributed by atoms with Crippen molar-refractivity contribution in [2.45, 2.75) is 35.6 Å². The molecule has 2 bridgehead atoms. The van der Waals surface area contributed by atoms with Gasteiger partial charge in [0.25, 0.3) is 0 Å². The smallest absolute Gasteiger partial charge is 0.180 e. The summed E-state index contributed by atoms with van der Waals surface area (Å²) in [6.07, 6.45) is 2.59. The lowest BCUT2D eigenvalue weighted by molar-refractivity contribution is -0.115. The highest BCUT2D eigenvalue weighted by Gasteiger charge is 2.44. The molecule has 1 N–H and O–H groups in total. The molecule has 0 aromatic heterocycles. The van der Waals surface area contributed by atoms with Gasteiger partial charge in [-0.25, -0.2) is 0 Å². The van der Waals surface area contributed by atoms with Crippen molar-refractivity contribution < 1.29 is 9.00 Å². The summed E-state index contributed by atoms with van der Waals surface area (Å²) < 4.78 is 13.0. The molecule has 2 aromatic rings. The topological polar surface area (TPSA) is 46.2 Å². The number of hydrogen-bond donors (Lipinski definition) is 1. The van der Waals surface area contributed by atoms with Crippen molar-refractivity contribution >= 4 is 22.2 Å². The van der Waals surface area contributed by atoms with Gasteiger partial charge in [-0.3, -0.25) is 14.3 Å². The quantitative estimate of drug-likeness (QED) is 0.937. The zero-order chi connectivity index (χ0) is 16.7. The van der Waals surface area contributed by atoms with E-state index in [0.29, 0.717) is 6.42 Å². The number of benzene rings is 2. The van der Waals surface area contributed by atoms with Gasteiger partial charge in [0.05, 0.1) is 22.1 Å². The fraction of sp³-hybridized carbons (Fsp3) is 0.250. The van der Waals surface area contributed by atoms with Crippen molar-refractivity contribution in [1.29, 1.82) is 0 Å². The van der Waals surface area contributed by atoms with E-state index in [1.807, 2.05) is 67.6 Å². The number of hydrogen-bond acceptors (Lipinski definition) is 3. The molecule has 3 nitrogen and oxygen atoms in total. The Hall–Kier alpha value is -2.04. The average Bonchev–Trinajstić information content (AvgIpc) is 2.98. The van der Waals surface area contributed by atoms with Crippen molar-refractivity contribution in [2.75, 3.05) is 0 Å². The lowest BCUT2D eigenvalue weighted by Crippen LogP contribution is -2.41. The lowest BCUT2D eigenvalue weighted by atomic mass is 9.95. The maximum absolute atomic E-state index is 13.0. The fourth-order valence-corrected chi connectivity index (χ4v) is 5.04. The Morgan fingerprint density at radius 2 is 1.75 bits per heavy atom. The molecule has 122 valence electrons. The minimum atomic E-state index is -1.12. The largest absolute Gasteiger partial charge is 0.300 e. The molecule has 1 fully saturated rings. The standard InChI is InChI=1S/C20H19NO2S/c1-13-7-9-15(10-8-13)24(23)19-12-18-20(22)16(11-17(19)21-18)14-5-3-2-4-6-14/h2-11,17-19,21H,12H2,1H3/t17-,18-,19+,24?/m0/s1. The van der Waals surface area contributed by atoms with Crippen LogP contribution in [0.4, 0.5) is 0 Å². The van der Waals surface area contributed by atoms with E-state index in [1.54, 1.807) is 0 Å². The van der Waals surface area contributed by atoms with E-state index >= 15 is 0 Å². The summed E-state index contributed by atoms with van der Waals surface area (Å²) in [6, 6.07) is 17.3. The molecule has 2 aliphatic heterocycles. The van der Waals surface area contributed by atoms with Gasteiger partial charge in [0, 0.05) is 16.5 Å². The number of fused-ring (bicyclic) bond motifs is 2. The molecule has 0 aliphatic carbocycles. The molecule has 4 atom stereocenters. The molecular formula is C20H19NO2S. The van der Waals surface area contributed by atoms with Crippen molar-refractivity contribution in [3.63, 3.8) is 0 Å². The zero-order valence-electron chi connectivity index (χ0n) is 13.4. The number of rotatable bonds is 3. The van der Waals surface area contributed by atoms with Crippen LogP contribution in [0.2, 0.25) is 0 Å². The third kappa shape index (κ3) is 2.66. The molecule has 2 aliphatic rings. The van der Waals surface area contributed by atoms with Crippen molar-refractivity contribution in [2.24, 2.45) is 0 Å². The van der Waals surface area contributed by atoms with Crippen LogP contribution in [0.5, 0.6) is 0 Å². The van der Waals surface area contributed by atoms with Gasteiger partial charge in [0.15, 0.2) is 5.78 Å². The van der Waals surface area contributed by atoms with Crippen LogP contribution >= 0.6 is 0 Å². The van der Waals surface area contributed by atoms with E-state index in [2.05, 4.69) is 5.32 Å². The molecule has 2 aromatic carbocycles. The van der Waals surface area contributed by atoms with Gasteiger partial charge in [0.2, 0.25) is 0 Å². The normalized spacial score (nSPS) is 27.0. The van der Waals surface area contributed by atoms with Crippen LogP contribution in [0.15, 0.2) is 65.6 Å². The Bertz CT molecular complexity index is 826. The number of ketones is 1. The van der Waals surface area contributed by atoms with Crippen LogP contribution in [0.25, 0.3) is 5.57 Å². The van der Waals surface area contributed by atoms with Crippen molar-refractivity contribution in [3.05, 3.63) is 71.8 Å². The number of carbonyl (C=O) groups excluding carboxylic acids is 1. The molecule has 2 heterocycles. The molecule has 0 amide bonds. The third-order valence-corrected chi connectivity index (χ3v) is 6.58. The van der Waals surface area contributed by atoms with Crippen LogP contribution in [-0.2, 0) is 15.6 Å². The minimum Gasteiger partial charge on any atom is -0.300 e. The van der Waals surface area contributed by atoms with Gasteiger partial charge in [-0.15, -0.1) is 0 Å². The Balaban J connectivity index is 1.65. The zero-order valence-corrected chi connectivity index (χ0v) is 14.3. The minimum absolute atomic E-state index is 0.0231. The van der Waals surface area contributed by atoms with Crippen LogP contribution in [-0.4, -0.2) is 27.3 Å². The van der Waals surface area contributed by atoms with Crippen LogP contribution in [0.1, 0.15) is 17.5 Å². The Kier molecular flexibility index (Phi) is 3.94. The van der Waals surface area contributed by atoms with Crippen molar-refractivity contribution in [3.8, 4) is 0 Å². The van der Waals surface area contributed by atoms with Crippen LogP contribution < -0.4 is 5.32 Å². The van der Waals surface area contributed by atoms with Gasteiger partial charge in [0.1, 0.15) is 0 Å². The number of carbonyl (C=O) groups is 1. The highest BCUT2D eigenvalue weighted by molar-refractivity contribution is 7.85. The summed E-state index contributed by atoms with van der Waals surface area (Å²) in [5, 5.41) is 3.27. The molecule has 1 saturated heterocycles. The number of Topliss-reactive ketones (excluding diaryl/α,β-unsaturated/α-hetero) is 1. The Labute approximate surface area is 144 Å². The number of aryl methyl sites for hydroxylation is 1. The molecule has 1 unspecified atom stereocenters. The van der Waals surface area contributed by atoms with E-state index in [-0.39, 0.29) is 23.1 Å². The summed E-state index contributed by atoms with van der Waals surface area (Å²) in [7, 11) is -1.12. The van der Waals surface area contributed by atoms with E-state index in [0.717, 1.165) is 21.6 Å². The van der Waals surface area contributed by atoms with E-state index in [9.17, 15) is 9.00 Å². The molecule has 0 saturated carbocycles. The van der Waals surface area contributed by atoms with E-state index in [1.165, 1.54) is 0 Å². The summed E-state index contributed by atoms with van der Waals surface area (Å²) >= 11 is 0. The van der Waals surface area contributed by atoms with E-state index in [4.69, 9.17) is 0 Å². The van der Waals surface area contributed by atoms with E-state index < -0.39 is 10.8 Å². The summed E-state index contributed by atoms with van der Waals surface area (Å²) in [6.45, 7) is 2.02. The van der Waals surface area contributed by atoms with Gasteiger partial charge in [-0.05, 0) is 31.0 Å². The predicted octanol–water partition coefficient (Wildman–Crippen LogP) is 2.87. The van der Waals surface area contributed by atoms with Crippen LogP contribution in [0.3, 0.4) is 0 Å². The van der Waals surface area contributed by atoms with Crippen molar-refractivity contribution in [1.82, 2.24) is 5.32 Å². The van der Waals surface area contributed by atoms with Gasteiger partial charge in [-0.1, -0.05) is 54.1 Å². The fourth-order valence-electron chi connectivity index (χ4n) is 3.50. The third-order valence-electron chi connectivity index (χ3n) is 4.80. The number of nitrogens with one attached hydrogen (secondary N) is 1. The maximum Gasteiger partial charge on any atom is 0.180 e. The first-order chi connectivity index (χ1) is 11.6. The Morgan fingerprint density at radius 1 is 1.04 bits per heavy atom. The molecule has 0 radical (unpaired) electrons. The monoisotopic (exact) mass is 337 g/mol. The van der Waals surface area contributed by atoms with Gasteiger partial charge in [-0.2, -0.15) is 0 Å². The first kappa shape index (κ1) is 15.5. The summed E-state index contributed by atoms with van der Waals surface area (Å²) in [5.74, 6) is 0.112. The molecule has 4 rings (SSSR count). The SMILES string of the molecule is Cc1ccc(S(=O)[C@@H]2C[C@@H]3N[C@H]2C=C(c2ccccc2)C3=O)cc1. The average molecular weight is 337 g/mol. The Morgan fingerprint density at radius 3 is 2.46 bits per heavy atom. The predicted molar refractivity (Wildman–Crippen MR) is 96.1 cm³/mol. The molecule has 4 heteroatoms. The highest BCUT2D eigenvalue weighted by Crippen LogP contribution is 2.33. The lowest BCUT2D eigenvalue weighted by Gasteiger charge is -2.21. The second kappa shape index (κ2) is 6.11. The maximum atomic E-state index is 13.0. The highest BCUT2D eigenvalue weighted by atomic mass is 32.2. The van der Waals surface area contributed by atoms with Gasteiger partial charge < -0.3 is 0 Å². The first-order valence-electron chi connectivity index (χ1n) is 8.18. The second-order valence-electron chi connectivity index (χ2n) is 6.44. The van der Waals surface area contributed by atoms with Crippen LogP contribution in [0, 0.1) is 6.92 Å².